The molecule has 34 heavy (non-hydrogen) atoms. The van der Waals surface area contributed by atoms with Gasteiger partial charge in [-0.15, -0.1) is 11.3 Å². The first-order chi connectivity index (χ1) is 16.5. The van der Waals surface area contributed by atoms with Crippen LogP contribution in [0.1, 0.15) is 47.3 Å². The summed E-state index contributed by atoms with van der Waals surface area (Å²) in [5.41, 5.74) is 5.86. The third-order valence-electron chi connectivity index (χ3n) is 6.14. The quantitative estimate of drug-likeness (QED) is 0.356. The molecule has 1 aliphatic heterocycles. The van der Waals surface area contributed by atoms with Gasteiger partial charge in [0.1, 0.15) is 0 Å². The summed E-state index contributed by atoms with van der Waals surface area (Å²) in [5.74, 6) is 0.940. The van der Waals surface area contributed by atoms with Gasteiger partial charge in [0.05, 0.1) is 18.2 Å². The molecule has 2 aromatic carbocycles. The summed E-state index contributed by atoms with van der Waals surface area (Å²) >= 11 is 1.63. The Morgan fingerprint density at radius 2 is 1.91 bits per heavy atom. The number of aromatic nitrogens is 2. The fourth-order valence-corrected chi connectivity index (χ4v) is 4.93. The Balaban J connectivity index is 1.59. The molecule has 0 radical (unpaired) electrons. The largest absolute Gasteiger partial charge is 0.334 e. The number of thiophene rings is 1. The number of urea groups is 1. The summed E-state index contributed by atoms with van der Waals surface area (Å²) in [6, 6.07) is 19.8. The van der Waals surface area contributed by atoms with Gasteiger partial charge in [-0.2, -0.15) is 4.98 Å². The van der Waals surface area contributed by atoms with Crippen LogP contribution < -0.4 is 5.32 Å². The molecule has 1 atom stereocenters. The maximum absolute atomic E-state index is 13.2. The summed E-state index contributed by atoms with van der Waals surface area (Å²) in [5, 5.41) is 9.45. The van der Waals surface area contributed by atoms with Crippen LogP contribution >= 0.6 is 11.3 Å². The number of rotatable bonds is 6. The van der Waals surface area contributed by atoms with Crippen molar-refractivity contribution in [1.29, 1.82) is 0 Å². The molecule has 3 heterocycles. The first-order valence-electron chi connectivity index (χ1n) is 11.3. The van der Waals surface area contributed by atoms with Crippen LogP contribution in [-0.2, 0) is 13.0 Å². The van der Waals surface area contributed by atoms with Crippen molar-refractivity contribution in [3.05, 3.63) is 99.2 Å². The average Bonchev–Trinajstić information content (AvgIpc) is 3.54. The summed E-state index contributed by atoms with van der Waals surface area (Å²) in [6.45, 7) is 6.59. The van der Waals surface area contributed by atoms with Crippen molar-refractivity contribution in [2.45, 2.75) is 39.8 Å². The van der Waals surface area contributed by atoms with E-state index in [2.05, 4.69) is 41.7 Å². The van der Waals surface area contributed by atoms with Gasteiger partial charge in [-0.3, -0.25) is 4.90 Å². The molecule has 0 saturated heterocycles. The van der Waals surface area contributed by atoms with Crippen molar-refractivity contribution in [2.75, 3.05) is 0 Å². The van der Waals surface area contributed by atoms with Crippen molar-refractivity contribution >= 4 is 22.9 Å². The fraction of sp³-hybridized carbons (Fsp3) is 0.222. The molecule has 6 nitrogen and oxygen atoms in total. The Hall–Kier alpha value is -3.71. The molecule has 0 spiro atoms. The Morgan fingerprint density at radius 1 is 1.09 bits per heavy atom. The van der Waals surface area contributed by atoms with E-state index in [0.29, 0.717) is 18.3 Å². The number of nitrogens with one attached hydrogen (secondary N) is 1. The topological polar surface area (TPSA) is 71.3 Å². The number of nitrogens with zero attached hydrogens (tertiary/aromatic N) is 3. The zero-order valence-electron chi connectivity index (χ0n) is 19.4. The minimum atomic E-state index is -0.385. The molecule has 0 aliphatic carbocycles. The number of hydrogen-bond acceptors (Lipinski definition) is 5. The maximum Gasteiger partial charge on any atom is 0.322 e. The minimum Gasteiger partial charge on any atom is -0.334 e. The normalized spacial score (nSPS) is 16.1. The highest BCUT2D eigenvalue weighted by molar-refractivity contribution is 7.09. The van der Waals surface area contributed by atoms with Crippen molar-refractivity contribution in [3.63, 3.8) is 0 Å². The minimum absolute atomic E-state index is 0.141. The second-order valence-corrected chi connectivity index (χ2v) is 9.47. The lowest BCUT2D eigenvalue weighted by Gasteiger charge is -2.35. The van der Waals surface area contributed by atoms with E-state index in [1.807, 2.05) is 55.6 Å². The van der Waals surface area contributed by atoms with Crippen LogP contribution in [0.25, 0.3) is 17.0 Å². The van der Waals surface area contributed by atoms with Crippen LogP contribution in [0.4, 0.5) is 4.79 Å². The van der Waals surface area contributed by atoms with Gasteiger partial charge in [-0.25, -0.2) is 4.79 Å². The molecule has 0 bridgehead atoms. The van der Waals surface area contributed by atoms with Crippen LogP contribution in [0, 0.1) is 6.92 Å². The molecule has 0 fully saturated rings. The monoisotopic (exact) mass is 470 g/mol. The van der Waals surface area contributed by atoms with E-state index in [1.165, 1.54) is 5.56 Å². The zero-order chi connectivity index (χ0) is 23.7. The number of carbonyl (C=O) groups excluding carboxylic acids is 1. The number of carbonyl (C=O) groups is 1. The molecule has 5 rings (SSSR count). The van der Waals surface area contributed by atoms with Gasteiger partial charge >= 0.3 is 6.03 Å². The number of hydrogen-bond donors (Lipinski definition) is 1. The average molecular weight is 471 g/mol. The van der Waals surface area contributed by atoms with Gasteiger partial charge in [0.15, 0.2) is 0 Å². The van der Waals surface area contributed by atoms with Crippen molar-refractivity contribution in [2.24, 2.45) is 0 Å². The van der Waals surface area contributed by atoms with Crippen LogP contribution in [0.2, 0.25) is 0 Å². The fourth-order valence-electron chi connectivity index (χ4n) is 4.24. The number of benzene rings is 2. The van der Waals surface area contributed by atoms with Gasteiger partial charge in [-0.05, 0) is 48.9 Å². The smallest absolute Gasteiger partial charge is 0.322 e. The van der Waals surface area contributed by atoms with Crippen LogP contribution in [0.3, 0.4) is 0 Å². The second-order valence-electron chi connectivity index (χ2n) is 8.43. The number of allylic oxidation sites excluding steroid dienone is 1. The second kappa shape index (κ2) is 9.27. The van der Waals surface area contributed by atoms with Crippen LogP contribution in [0.15, 0.2) is 76.3 Å². The SMILES string of the molecule is CCc1ccc(C2NC(=O)N(Cc3cccs3)C(C)=C2c2nc(-c3cccc(C)c3)no2)cc1. The standard InChI is InChI=1S/C27H26N4O2S/c1-4-19-10-12-20(13-11-19)24-23(18(3)31(27(32)28-24)16-22-9-6-14-34-22)26-29-25(30-33-26)21-8-5-7-17(2)15-21/h5-15,24H,4,16H2,1-3H3,(H,28,32). The third kappa shape index (κ3) is 4.26. The molecule has 1 unspecified atom stereocenters. The predicted octanol–water partition coefficient (Wildman–Crippen LogP) is 6.37. The number of amides is 2. The molecule has 0 saturated carbocycles. The Kier molecular flexibility index (Phi) is 6.02. The van der Waals surface area contributed by atoms with Crippen LogP contribution in [0.5, 0.6) is 0 Å². The molecule has 1 N–H and O–H groups in total. The predicted molar refractivity (Wildman–Crippen MR) is 134 cm³/mol. The van der Waals surface area contributed by atoms with Gasteiger partial charge < -0.3 is 9.84 Å². The maximum atomic E-state index is 13.2. The van der Waals surface area contributed by atoms with E-state index in [-0.39, 0.29) is 12.1 Å². The third-order valence-corrected chi connectivity index (χ3v) is 7.01. The molecule has 2 aromatic heterocycles. The highest BCUT2D eigenvalue weighted by Crippen LogP contribution is 2.38. The van der Waals surface area contributed by atoms with Gasteiger partial charge in [-0.1, -0.05) is 66.2 Å². The van der Waals surface area contributed by atoms with Gasteiger partial charge in [0.2, 0.25) is 5.82 Å². The van der Waals surface area contributed by atoms with Gasteiger partial charge in [0, 0.05) is 16.1 Å². The molecule has 2 amide bonds. The molecule has 4 aromatic rings. The van der Waals surface area contributed by atoms with Crippen molar-refractivity contribution in [3.8, 4) is 11.4 Å². The molecule has 7 heteroatoms. The summed E-state index contributed by atoms with van der Waals surface area (Å²) < 4.78 is 5.79. The lowest BCUT2D eigenvalue weighted by molar-refractivity contribution is 0.203. The number of aryl methyl sites for hydroxylation is 2. The van der Waals surface area contributed by atoms with E-state index >= 15 is 0 Å². The first kappa shape index (κ1) is 22.1. The first-order valence-corrected chi connectivity index (χ1v) is 12.2. The Bertz CT molecular complexity index is 1340. The van der Waals surface area contributed by atoms with E-state index < -0.39 is 0 Å². The zero-order valence-corrected chi connectivity index (χ0v) is 20.2. The lowest BCUT2D eigenvalue weighted by atomic mass is 9.93. The molecular formula is C27H26N4O2S. The van der Waals surface area contributed by atoms with Gasteiger partial charge in [0.25, 0.3) is 5.89 Å². The Morgan fingerprint density at radius 3 is 2.62 bits per heavy atom. The highest BCUT2D eigenvalue weighted by atomic mass is 32.1. The van der Waals surface area contributed by atoms with Crippen LogP contribution in [-0.4, -0.2) is 21.1 Å². The summed E-state index contributed by atoms with van der Waals surface area (Å²) in [7, 11) is 0. The lowest BCUT2D eigenvalue weighted by Crippen LogP contribution is -2.45. The highest BCUT2D eigenvalue weighted by Gasteiger charge is 2.35. The summed E-state index contributed by atoms with van der Waals surface area (Å²) in [6.07, 6.45) is 0.955. The Labute approximate surface area is 202 Å². The van der Waals surface area contributed by atoms with E-state index in [0.717, 1.165) is 39.3 Å². The van der Waals surface area contributed by atoms with E-state index in [4.69, 9.17) is 9.51 Å². The summed E-state index contributed by atoms with van der Waals surface area (Å²) in [4.78, 5) is 20.8. The van der Waals surface area contributed by atoms with E-state index in [1.54, 1.807) is 16.2 Å². The van der Waals surface area contributed by atoms with Crippen molar-refractivity contribution < 1.29 is 9.32 Å². The van der Waals surface area contributed by atoms with Crippen molar-refractivity contribution in [1.82, 2.24) is 20.4 Å². The van der Waals surface area contributed by atoms with E-state index in [9.17, 15) is 4.79 Å². The molecule has 1 aliphatic rings. The molecule has 172 valence electrons. The molecular weight excluding hydrogens is 444 g/mol.